The normalized spacial score (nSPS) is 18.7. The first-order chi connectivity index (χ1) is 14.0. The van der Waals surface area contributed by atoms with Gasteiger partial charge in [-0.1, -0.05) is 13.0 Å². The third kappa shape index (κ3) is 4.69. The molecule has 2 fully saturated rings. The highest BCUT2D eigenvalue weighted by Crippen LogP contribution is 2.54. The van der Waals surface area contributed by atoms with Gasteiger partial charge in [0.15, 0.2) is 0 Å². The number of carbonyl (C=O) groups is 1. The van der Waals surface area contributed by atoms with Crippen molar-refractivity contribution in [3.8, 4) is 0 Å². The van der Waals surface area contributed by atoms with Crippen LogP contribution in [0.2, 0.25) is 0 Å². The van der Waals surface area contributed by atoms with Gasteiger partial charge in [-0.15, -0.1) is 0 Å². The number of aromatic nitrogens is 2. The summed E-state index contributed by atoms with van der Waals surface area (Å²) < 4.78 is 52.0. The van der Waals surface area contributed by atoms with Gasteiger partial charge in [-0.2, -0.15) is 13.2 Å². The fraction of sp³-hybridized carbons (Fsp3) is 0.450. The summed E-state index contributed by atoms with van der Waals surface area (Å²) in [7, 11) is 0. The maximum Gasteiger partial charge on any atom is 0.446 e. The number of aromatic amines is 1. The van der Waals surface area contributed by atoms with Crippen LogP contribution in [0.25, 0.3) is 0 Å². The van der Waals surface area contributed by atoms with Crippen molar-refractivity contribution in [3.05, 3.63) is 57.5 Å². The lowest BCUT2D eigenvalue weighted by molar-refractivity contribution is -0.0329. The van der Waals surface area contributed by atoms with E-state index in [0.717, 1.165) is 43.9 Å². The van der Waals surface area contributed by atoms with Crippen molar-refractivity contribution >= 4 is 17.7 Å². The Bertz CT molecular complexity index is 1050. The van der Waals surface area contributed by atoms with Gasteiger partial charge in [-0.05, 0) is 60.6 Å². The number of nitrogens with one attached hydrogen (secondary N) is 2. The molecule has 1 heterocycles. The molecular formula is C20H19F4N3O2S. The van der Waals surface area contributed by atoms with Crippen LogP contribution in [0.15, 0.2) is 34.0 Å². The number of amides is 1. The molecule has 10 heteroatoms. The van der Waals surface area contributed by atoms with Crippen LogP contribution in [0, 0.1) is 11.2 Å². The highest BCUT2D eigenvalue weighted by Gasteiger charge is 2.46. The molecule has 1 aromatic heterocycles. The molecule has 1 amide bonds. The molecule has 4 rings (SSSR count). The second-order valence-electron chi connectivity index (χ2n) is 8.09. The van der Waals surface area contributed by atoms with Gasteiger partial charge in [0, 0.05) is 12.0 Å². The number of carbonyl (C=O) groups excluding carboxylic acids is 1. The summed E-state index contributed by atoms with van der Waals surface area (Å²) in [6, 6.07) is 3.99. The molecule has 30 heavy (non-hydrogen) atoms. The molecule has 160 valence electrons. The first-order valence-electron chi connectivity index (χ1n) is 9.51. The van der Waals surface area contributed by atoms with E-state index in [9.17, 15) is 27.2 Å². The monoisotopic (exact) mass is 441 g/mol. The highest BCUT2D eigenvalue weighted by molar-refractivity contribution is 8.00. The Morgan fingerprint density at radius 2 is 2.00 bits per heavy atom. The van der Waals surface area contributed by atoms with E-state index >= 15 is 0 Å². The number of thioether (sulfide) groups is 1. The number of rotatable bonds is 6. The number of nitrogens with zero attached hydrogens (tertiary/aromatic N) is 1. The fourth-order valence-electron chi connectivity index (χ4n) is 3.40. The fourth-order valence-corrected chi connectivity index (χ4v) is 3.94. The van der Waals surface area contributed by atoms with Crippen molar-refractivity contribution in [3.63, 3.8) is 0 Å². The van der Waals surface area contributed by atoms with Gasteiger partial charge in [0.2, 0.25) is 0 Å². The average Bonchev–Trinajstić information content (AvgIpc) is 3.56. The Kier molecular flexibility index (Phi) is 5.16. The quantitative estimate of drug-likeness (QED) is 0.505. The molecule has 1 atom stereocenters. The van der Waals surface area contributed by atoms with Crippen molar-refractivity contribution < 1.29 is 22.4 Å². The molecule has 0 aliphatic heterocycles. The summed E-state index contributed by atoms with van der Waals surface area (Å²) in [5.74, 6) is -0.949. The maximum absolute atomic E-state index is 14.3. The minimum Gasteiger partial charge on any atom is -0.343 e. The highest BCUT2D eigenvalue weighted by atomic mass is 32.2. The van der Waals surface area contributed by atoms with Crippen molar-refractivity contribution in [2.45, 2.75) is 55.0 Å². The van der Waals surface area contributed by atoms with Crippen LogP contribution in [0.4, 0.5) is 17.6 Å². The molecule has 2 aromatic rings. The zero-order valence-corrected chi connectivity index (χ0v) is 16.8. The minimum absolute atomic E-state index is 0.0281. The summed E-state index contributed by atoms with van der Waals surface area (Å²) in [6.45, 7) is 1.91. The molecule has 0 radical (unpaired) electrons. The lowest BCUT2D eigenvalue weighted by Gasteiger charge is -2.26. The van der Waals surface area contributed by atoms with Crippen LogP contribution in [0.1, 0.15) is 66.4 Å². The second-order valence-corrected chi connectivity index (χ2v) is 9.20. The Labute approximate surface area is 173 Å². The molecule has 1 aromatic carbocycles. The number of H-pyrrole nitrogens is 1. The van der Waals surface area contributed by atoms with Crippen molar-refractivity contribution in [2.75, 3.05) is 0 Å². The van der Waals surface area contributed by atoms with E-state index in [0.29, 0.717) is 11.4 Å². The standard InChI is InChI=1S/C20H19F4N3O2S/c1-19(6-7-19)16(11-4-5-14(12(21)8-11)30-20(22,23)24)27-18(29)13-9-15(28)26-17(25-13)10-2-3-10/h4-5,8-10,16H,2-3,6-7H2,1H3,(H,27,29)(H,25,26,28)/t16-/m1/s1. The predicted molar refractivity (Wildman–Crippen MR) is 103 cm³/mol. The van der Waals surface area contributed by atoms with Gasteiger partial charge in [0.1, 0.15) is 17.3 Å². The Morgan fingerprint density at radius 1 is 1.30 bits per heavy atom. The first-order valence-corrected chi connectivity index (χ1v) is 10.3. The zero-order valence-electron chi connectivity index (χ0n) is 16.0. The van der Waals surface area contributed by atoms with Crippen LogP contribution < -0.4 is 10.9 Å². The number of hydrogen-bond acceptors (Lipinski definition) is 4. The minimum atomic E-state index is -4.59. The van der Waals surface area contributed by atoms with Crippen LogP contribution in [-0.4, -0.2) is 21.4 Å². The topological polar surface area (TPSA) is 74.8 Å². The van der Waals surface area contributed by atoms with E-state index in [1.165, 1.54) is 6.07 Å². The SMILES string of the molecule is CC1([C@H](NC(=O)c2cc(=O)[nH]c(C3CC3)n2)c2ccc(SC(F)(F)F)c(F)c2)CC1. The molecule has 0 saturated heterocycles. The van der Waals surface area contributed by atoms with Gasteiger partial charge < -0.3 is 10.3 Å². The number of benzene rings is 1. The van der Waals surface area contributed by atoms with E-state index < -0.39 is 45.5 Å². The van der Waals surface area contributed by atoms with Crippen molar-refractivity contribution in [2.24, 2.45) is 5.41 Å². The van der Waals surface area contributed by atoms with Crippen LogP contribution in [-0.2, 0) is 0 Å². The van der Waals surface area contributed by atoms with E-state index in [4.69, 9.17) is 0 Å². The van der Waals surface area contributed by atoms with Gasteiger partial charge in [-0.3, -0.25) is 9.59 Å². The van der Waals surface area contributed by atoms with E-state index in [2.05, 4.69) is 15.3 Å². The number of alkyl halides is 3. The first kappa shape index (κ1) is 20.9. The predicted octanol–water partition coefficient (Wildman–Crippen LogP) is 4.67. The third-order valence-corrected chi connectivity index (χ3v) is 6.27. The number of hydrogen-bond donors (Lipinski definition) is 2. The molecule has 0 bridgehead atoms. The average molecular weight is 441 g/mol. The lowest BCUT2D eigenvalue weighted by atomic mass is 9.91. The molecule has 0 spiro atoms. The van der Waals surface area contributed by atoms with E-state index in [-0.39, 0.29) is 17.0 Å². The van der Waals surface area contributed by atoms with E-state index in [1.807, 2.05) is 6.92 Å². The van der Waals surface area contributed by atoms with Gasteiger partial charge >= 0.3 is 5.51 Å². The maximum atomic E-state index is 14.3. The van der Waals surface area contributed by atoms with E-state index in [1.54, 1.807) is 0 Å². The summed E-state index contributed by atoms with van der Waals surface area (Å²) >= 11 is -0.517. The molecule has 2 N–H and O–H groups in total. The Hall–Kier alpha value is -2.36. The Balaban J connectivity index is 1.59. The third-order valence-electron chi connectivity index (χ3n) is 5.48. The molecule has 2 aliphatic carbocycles. The summed E-state index contributed by atoms with van der Waals surface area (Å²) in [6.07, 6.45) is 3.34. The Morgan fingerprint density at radius 3 is 2.57 bits per heavy atom. The molecule has 2 aliphatic rings. The van der Waals surface area contributed by atoms with Gasteiger partial charge in [0.05, 0.1) is 10.9 Å². The molecule has 2 saturated carbocycles. The molecular weight excluding hydrogens is 422 g/mol. The van der Waals surface area contributed by atoms with Crippen molar-refractivity contribution in [1.29, 1.82) is 0 Å². The largest absolute Gasteiger partial charge is 0.446 e. The lowest BCUT2D eigenvalue weighted by Crippen LogP contribution is -2.35. The molecule has 0 unspecified atom stereocenters. The smallest absolute Gasteiger partial charge is 0.343 e. The summed E-state index contributed by atoms with van der Waals surface area (Å²) in [5, 5.41) is 2.81. The zero-order chi connectivity index (χ0) is 21.7. The molecule has 5 nitrogen and oxygen atoms in total. The summed E-state index contributed by atoms with van der Waals surface area (Å²) in [4.78, 5) is 31.1. The number of halogens is 4. The van der Waals surface area contributed by atoms with Crippen LogP contribution in [0.5, 0.6) is 0 Å². The van der Waals surface area contributed by atoms with Gasteiger partial charge in [0.25, 0.3) is 11.5 Å². The van der Waals surface area contributed by atoms with Crippen LogP contribution in [0.3, 0.4) is 0 Å². The second kappa shape index (κ2) is 7.40. The summed E-state index contributed by atoms with van der Waals surface area (Å²) in [5.41, 5.74) is -5.02. The van der Waals surface area contributed by atoms with Gasteiger partial charge in [-0.25, -0.2) is 9.37 Å². The van der Waals surface area contributed by atoms with Crippen LogP contribution >= 0.6 is 11.8 Å². The van der Waals surface area contributed by atoms with Crippen molar-refractivity contribution in [1.82, 2.24) is 15.3 Å².